The Morgan fingerprint density at radius 2 is 2.29 bits per heavy atom. The van der Waals surface area contributed by atoms with Crippen LogP contribution < -0.4 is 10.1 Å². The van der Waals surface area contributed by atoms with Gasteiger partial charge in [0.05, 0.1) is 12.3 Å². The van der Waals surface area contributed by atoms with Crippen LogP contribution in [0.15, 0.2) is 24.4 Å². The maximum Gasteiger partial charge on any atom is 0.122 e. The average molecular weight is 285 g/mol. The first-order chi connectivity index (χ1) is 10.2. The van der Waals surface area contributed by atoms with Crippen molar-refractivity contribution in [1.29, 1.82) is 0 Å². The molecule has 2 heterocycles. The first-order valence-corrected chi connectivity index (χ1v) is 7.59. The largest absolute Gasteiger partial charge is 0.493 e. The lowest BCUT2D eigenvalue weighted by atomic mass is 9.98. The first-order valence-electron chi connectivity index (χ1n) is 7.59. The molecule has 1 aliphatic rings. The van der Waals surface area contributed by atoms with Crippen molar-refractivity contribution in [2.24, 2.45) is 7.05 Å². The van der Waals surface area contributed by atoms with E-state index in [4.69, 9.17) is 4.74 Å². The van der Waals surface area contributed by atoms with Gasteiger partial charge in [-0.1, -0.05) is 12.1 Å². The molecule has 1 N–H and O–H groups in total. The molecule has 1 aromatic heterocycles. The summed E-state index contributed by atoms with van der Waals surface area (Å²) < 4.78 is 7.46. The molecule has 1 aromatic carbocycles. The Bertz CT molecular complexity index is 633. The zero-order valence-electron chi connectivity index (χ0n) is 13.0. The highest BCUT2D eigenvalue weighted by Gasteiger charge is 2.16. The van der Waals surface area contributed by atoms with Crippen LogP contribution in [0.3, 0.4) is 0 Å². The normalized spacial score (nSPS) is 14.8. The third-order valence-electron chi connectivity index (χ3n) is 4.25. The smallest absolute Gasteiger partial charge is 0.122 e. The highest BCUT2D eigenvalue weighted by Crippen LogP contribution is 2.27. The molecule has 0 radical (unpaired) electrons. The third kappa shape index (κ3) is 2.95. The number of aryl methyl sites for hydroxylation is 3. The molecule has 0 aliphatic carbocycles. The Hall–Kier alpha value is -1.81. The molecule has 1 aliphatic heterocycles. The minimum Gasteiger partial charge on any atom is -0.493 e. The van der Waals surface area contributed by atoms with Crippen LogP contribution in [0.2, 0.25) is 0 Å². The van der Waals surface area contributed by atoms with E-state index in [0.29, 0.717) is 6.04 Å². The number of rotatable bonds is 5. The Kier molecular flexibility index (Phi) is 3.97. The van der Waals surface area contributed by atoms with Crippen LogP contribution >= 0.6 is 0 Å². The summed E-state index contributed by atoms with van der Waals surface area (Å²) in [5.41, 5.74) is 5.15. The fourth-order valence-corrected chi connectivity index (χ4v) is 3.12. The minimum absolute atomic E-state index is 0.350. The number of aromatic nitrogens is 2. The Morgan fingerprint density at radius 3 is 3.00 bits per heavy atom. The van der Waals surface area contributed by atoms with E-state index in [9.17, 15) is 0 Å². The second kappa shape index (κ2) is 5.90. The van der Waals surface area contributed by atoms with Crippen molar-refractivity contribution in [1.82, 2.24) is 15.1 Å². The number of fused-ring (bicyclic) bond motifs is 1. The minimum atomic E-state index is 0.350. The van der Waals surface area contributed by atoms with Gasteiger partial charge in [-0.2, -0.15) is 5.10 Å². The summed E-state index contributed by atoms with van der Waals surface area (Å²) in [6.45, 7) is 2.90. The molecule has 2 aromatic rings. The van der Waals surface area contributed by atoms with Crippen LogP contribution in [0.4, 0.5) is 0 Å². The summed E-state index contributed by atoms with van der Waals surface area (Å²) >= 11 is 0. The molecule has 0 fully saturated rings. The van der Waals surface area contributed by atoms with Crippen LogP contribution in [0.1, 0.15) is 34.8 Å². The number of ether oxygens (including phenoxy) is 1. The lowest BCUT2D eigenvalue weighted by molar-refractivity contribution is 0.357. The first kappa shape index (κ1) is 14.1. The molecule has 1 atom stereocenters. The van der Waals surface area contributed by atoms with Gasteiger partial charge in [0.1, 0.15) is 5.75 Å². The fourth-order valence-electron chi connectivity index (χ4n) is 3.12. The SMILES string of the molecule is CNC(CCc1ccc2c(c1)CCO2)c1cn(C)nc1C. The molecule has 1 unspecified atom stereocenters. The van der Waals surface area contributed by atoms with Crippen molar-refractivity contribution in [3.8, 4) is 5.75 Å². The van der Waals surface area contributed by atoms with Crippen LogP contribution in [0.5, 0.6) is 5.75 Å². The molecule has 0 amide bonds. The summed E-state index contributed by atoms with van der Waals surface area (Å²) in [4.78, 5) is 0. The lowest BCUT2D eigenvalue weighted by Crippen LogP contribution is -2.17. The summed E-state index contributed by atoms with van der Waals surface area (Å²) in [7, 11) is 4.00. The third-order valence-corrected chi connectivity index (χ3v) is 4.25. The highest BCUT2D eigenvalue weighted by atomic mass is 16.5. The van der Waals surface area contributed by atoms with Crippen LogP contribution in [-0.2, 0) is 19.9 Å². The van der Waals surface area contributed by atoms with Gasteiger partial charge in [0.15, 0.2) is 0 Å². The highest BCUT2D eigenvalue weighted by molar-refractivity contribution is 5.40. The zero-order valence-corrected chi connectivity index (χ0v) is 13.0. The molecule has 0 saturated heterocycles. The summed E-state index contributed by atoms with van der Waals surface area (Å²) in [6.07, 6.45) is 5.29. The van der Waals surface area contributed by atoms with E-state index in [1.807, 2.05) is 18.8 Å². The molecule has 4 heteroatoms. The van der Waals surface area contributed by atoms with Crippen molar-refractivity contribution in [3.63, 3.8) is 0 Å². The van der Waals surface area contributed by atoms with E-state index in [0.717, 1.165) is 37.3 Å². The van der Waals surface area contributed by atoms with Crippen molar-refractivity contribution >= 4 is 0 Å². The topological polar surface area (TPSA) is 39.1 Å². The van der Waals surface area contributed by atoms with Crippen LogP contribution in [-0.4, -0.2) is 23.4 Å². The van der Waals surface area contributed by atoms with Gasteiger partial charge in [0.2, 0.25) is 0 Å². The number of nitrogens with one attached hydrogen (secondary N) is 1. The summed E-state index contributed by atoms with van der Waals surface area (Å²) in [5, 5.41) is 7.86. The summed E-state index contributed by atoms with van der Waals surface area (Å²) in [5.74, 6) is 1.06. The molecule has 112 valence electrons. The van der Waals surface area contributed by atoms with Gasteiger partial charge < -0.3 is 10.1 Å². The van der Waals surface area contributed by atoms with Gasteiger partial charge in [-0.3, -0.25) is 4.68 Å². The van der Waals surface area contributed by atoms with Gasteiger partial charge in [-0.25, -0.2) is 0 Å². The standard InChI is InChI=1S/C17H23N3O/c1-12-15(11-20(3)19-12)16(18-2)6-4-13-5-7-17-14(10-13)8-9-21-17/h5,7,10-11,16,18H,4,6,8-9H2,1-3H3. The quantitative estimate of drug-likeness (QED) is 0.917. The van der Waals surface area contributed by atoms with Gasteiger partial charge in [0, 0.05) is 31.3 Å². The number of benzene rings is 1. The van der Waals surface area contributed by atoms with Crippen LogP contribution in [0.25, 0.3) is 0 Å². The van der Waals surface area contributed by atoms with Gasteiger partial charge in [0.25, 0.3) is 0 Å². The van der Waals surface area contributed by atoms with E-state index >= 15 is 0 Å². The van der Waals surface area contributed by atoms with Crippen molar-refractivity contribution < 1.29 is 4.74 Å². The average Bonchev–Trinajstić information content (AvgIpc) is 3.05. The zero-order chi connectivity index (χ0) is 14.8. The maximum atomic E-state index is 5.56. The van der Waals surface area contributed by atoms with E-state index in [1.54, 1.807) is 0 Å². The molecule has 21 heavy (non-hydrogen) atoms. The van der Waals surface area contributed by atoms with E-state index < -0.39 is 0 Å². The van der Waals surface area contributed by atoms with E-state index in [1.165, 1.54) is 16.7 Å². The molecule has 4 nitrogen and oxygen atoms in total. The molecule has 0 spiro atoms. The molecule has 0 saturated carbocycles. The fraction of sp³-hybridized carbons (Fsp3) is 0.471. The van der Waals surface area contributed by atoms with Gasteiger partial charge >= 0.3 is 0 Å². The van der Waals surface area contributed by atoms with Crippen molar-refractivity contribution in [3.05, 3.63) is 46.8 Å². The molecule has 0 bridgehead atoms. The Labute approximate surface area is 126 Å². The monoisotopic (exact) mass is 285 g/mol. The number of nitrogens with zero attached hydrogens (tertiary/aromatic N) is 2. The predicted octanol–water partition coefficient (Wildman–Crippen LogP) is 2.56. The Balaban J connectivity index is 1.69. The predicted molar refractivity (Wildman–Crippen MR) is 83.7 cm³/mol. The van der Waals surface area contributed by atoms with Crippen LogP contribution in [0, 0.1) is 6.92 Å². The van der Waals surface area contributed by atoms with Gasteiger partial charge in [-0.05, 0) is 44.0 Å². The van der Waals surface area contributed by atoms with Crippen molar-refractivity contribution in [2.45, 2.75) is 32.2 Å². The molecular weight excluding hydrogens is 262 g/mol. The second-order valence-corrected chi connectivity index (χ2v) is 5.76. The maximum absolute atomic E-state index is 5.56. The molecular formula is C17H23N3O. The van der Waals surface area contributed by atoms with Gasteiger partial charge in [-0.15, -0.1) is 0 Å². The lowest BCUT2D eigenvalue weighted by Gasteiger charge is -2.15. The number of hydrogen-bond acceptors (Lipinski definition) is 3. The summed E-state index contributed by atoms with van der Waals surface area (Å²) in [6, 6.07) is 6.95. The molecule has 3 rings (SSSR count). The second-order valence-electron chi connectivity index (χ2n) is 5.76. The van der Waals surface area contributed by atoms with E-state index in [2.05, 4.69) is 41.7 Å². The number of hydrogen-bond donors (Lipinski definition) is 1. The van der Waals surface area contributed by atoms with Crippen molar-refractivity contribution in [2.75, 3.05) is 13.7 Å². The van der Waals surface area contributed by atoms with E-state index in [-0.39, 0.29) is 0 Å². The Morgan fingerprint density at radius 1 is 1.43 bits per heavy atom.